The van der Waals surface area contributed by atoms with E-state index in [-0.39, 0.29) is 11.8 Å². The number of benzene rings is 3. The third-order valence-corrected chi connectivity index (χ3v) is 4.14. The molecule has 0 atom stereocenters. The van der Waals surface area contributed by atoms with Gasteiger partial charge in [0, 0.05) is 17.3 Å². The van der Waals surface area contributed by atoms with E-state index in [9.17, 15) is 9.59 Å². The van der Waals surface area contributed by atoms with Crippen LogP contribution in [0.3, 0.4) is 0 Å². The number of nitrogens with zero attached hydrogens (tertiary/aromatic N) is 1. The summed E-state index contributed by atoms with van der Waals surface area (Å²) in [6, 6.07) is 23.6. The largest absolute Gasteiger partial charge is 0.403 e. The molecule has 1 heterocycles. The van der Waals surface area contributed by atoms with Crippen molar-refractivity contribution in [3.05, 3.63) is 101 Å². The van der Waals surface area contributed by atoms with E-state index in [0.29, 0.717) is 22.2 Å². The van der Waals surface area contributed by atoms with Gasteiger partial charge in [0.05, 0.1) is 10.9 Å². The Kier molecular flexibility index (Phi) is 4.80. The summed E-state index contributed by atoms with van der Waals surface area (Å²) in [5.74, 6) is -0.0476. The van der Waals surface area contributed by atoms with Crippen molar-refractivity contribution in [2.24, 2.45) is 0 Å². The van der Waals surface area contributed by atoms with Gasteiger partial charge in [-0.3, -0.25) is 4.79 Å². The van der Waals surface area contributed by atoms with Crippen LogP contribution in [0.5, 0.6) is 0 Å². The molecule has 5 nitrogen and oxygen atoms in total. The fourth-order valence-electron chi connectivity index (χ4n) is 2.79. The van der Waals surface area contributed by atoms with Gasteiger partial charge in [-0.2, -0.15) is 0 Å². The quantitative estimate of drug-likeness (QED) is 0.538. The maximum absolute atomic E-state index is 12.2. The summed E-state index contributed by atoms with van der Waals surface area (Å²) in [7, 11) is 0. The molecule has 0 aliphatic rings. The average Bonchev–Trinajstić information content (AvgIpc) is 2.73. The standard InChI is InChI=1S/C23H16N2O3/c26-21(14-13-16-7-2-1-3-8-16)24-18-10-6-9-17(15-18)22-25-20-12-5-4-11-19(20)23(27)28-22/h1-15H,(H,24,26). The molecule has 5 heteroatoms. The molecule has 0 unspecified atom stereocenters. The van der Waals surface area contributed by atoms with Gasteiger partial charge in [0.15, 0.2) is 0 Å². The minimum absolute atomic E-state index is 0.208. The van der Waals surface area contributed by atoms with Gasteiger partial charge in [-0.1, -0.05) is 48.5 Å². The number of anilines is 1. The van der Waals surface area contributed by atoms with Crippen molar-refractivity contribution in [3.63, 3.8) is 0 Å². The Balaban J connectivity index is 1.57. The topological polar surface area (TPSA) is 72.2 Å². The van der Waals surface area contributed by atoms with Gasteiger partial charge in [-0.25, -0.2) is 9.78 Å². The molecule has 0 fully saturated rings. The molecule has 0 aliphatic heterocycles. The molecule has 0 aliphatic carbocycles. The Bertz CT molecular complexity index is 1230. The van der Waals surface area contributed by atoms with Crippen LogP contribution in [0.1, 0.15) is 5.56 Å². The number of carbonyl (C=O) groups excluding carboxylic acids is 1. The van der Waals surface area contributed by atoms with Gasteiger partial charge in [0.1, 0.15) is 0 Å². The first-order valence-electron chi connectivity index (χ1n) is 8.73. The number of hydrogen-bond acceptors (Lipinski definition) is 4. The van der Waals surface area contributed by atoms with Crippen LogP contribution >= 0.6 is 0 Å². The highest BCUT2D eigenvalue weighted by Crippen LogP contribution is 2.22. The number of fused-ring (bicyclic) bond motifs is 1. The first kappa shape index (κ1) is 17.4. The van der Waals surface area contributed by atoms with E-state index >= 15 is 0 Å². The second-order valence-electron chi connectivity index (χ2n) is 6.14. The molecule has 0 saturated heterocycles. The van der Waals surface area contributed by atoms with Crippen LogP contribution in [-0.2, 0) is 4.79 Å². The molecule has 4 rings (SSSR count). The molecular weight excluding hydrogens is 352 g/mol. The Labute approximate surface area is 161 Å². The molecule has 0 radical (unpaired) electrons. The van der Waals surface area contributed by atoms with Crippen LogP contribution in [0.4, 0.5) is 5.69 Å². The minimum atomic E-state index is -0.444. The highest BCUT2D eigenvalue weighted by molar-refractivity contribution is 6.02. The Morgan fingerprint density at radius 3 is 2.57 bits per heavy atom. The van der Waals surface area contributed by atoms with Crippen molar-refractivity contribution >= 4 is 28.6 Å². The summed E-state index contributed by atoms with van der Waals surface area (Å²) in [4.78, 5) is 28.8. The molecule has 0 saturated carbocycles. The molecule has 4 aromatic rings. The Morgan fingerprint density at radius 2 is 1.71 bits per heavy atom. The van der Waals surface area contributed by atoms with E-state index in [1.54, 1.807) is 48.5 Å². The highest BCUT2D eigenvalue weighted by Gasteiger charge is 2.09. The monoisotopic (exact) mass is 368 g/mol. The summed E-state index contributed by atoms with van der Waals surface area (Å²) in [5, 5.41) is 3.23. The molecule has 136 valence electrons. The van der Waals surface area contributed by atoms with Crippen molar-refractivity contribution < 1.29 is 9.21 Å². The lowest BCUT2D eigenvalue weighted by Gasteiger charge is -2.05. The van der Waals surface area contributed by atoms with E-state index in [0.717, 1.165) is 5.56 Å². The fourth-order valence-corrected chi connectivity index (χ4v) is 2.79. The molecule has 3 aromatic carbocycles. The Hall–Kier alpha value is -3.99. The second-order valence-corrected chi connectivity index (χ2v) is 6.14. The normalized spacial score (nSPS) is 11.0. The maximum Gasteiger partial charge on any atom is 0.347 e. The summed E-state index contributed by atoms with van der Waals surface area (Å²) in [5.41, 5.74) is 2.24. The number of hydrogen-bond donors (Lipinski definition) is 1. The van der Waals surface area contributed by atoms with Gasteiger partial charge in [0.25, 0.3) is 0 Å². The van der Waals surface area contributed by atoms with Crippen molar-refractivity contribution in [1.29, 1.82) is 0 Å². The number of carbonyl (C=O) groups is 1. The minimum Gasteiger partial charge on any atom is -0.403 e. The van der Waals surface area contributed by atoms with E-state index < -0.39 is 5.63 Å². The van der Waals surface area contributed by atoms with Crippen LogP contribution in [0.15, 0.2) is 94.2 Å². The summed E-state index contributed by atoms with van der Waals surface area (Å²) in [6.07, 6.45) is 3.21. The average molecular weight is 368 g/mol. The molecule has 1 N–H and O–H groups in total. The first-order valence-corrected chi connectivity index (χ1v) is 8.73. The summed E-state index contributed by atoms with van der Waals surface area (Å²) < 4.78 is 5.35. The molecular formula is C23H16N2O3. The van der Waals surface area contributed by atoms with Crippen molar-refractivity contribution in [2.45, 2.75) is 0 Å². The van der Waals surface area contributed by atoms with Gasteiger partial charge in [0.2, 0.25) is 11.8 Å². The zero-order valence-corrected chi connectivity index (χ0v) is 14.8. The number of nitrogens with one attached hydrogen (secondary N) is 1. The van der Waals surface area contributed by atoms with E-state index in [4.69, 9.17) is 4.42 Å². The highest BCUT2D eigenvalue weighted by atomic mass is 16.4. The van der Waals surface area contributed by atoms with Crippen LogP contribution < -0.4 is 10.9 Å². The zero-order chi connectivity index (χ0) is 19.3. The van der Waals surface area contributed by atoms with Gasteiger partial charge in [-0.05, 0) is 42.0 Å². The number of aromatic nitrogens is 1. The van der Waals surface area contributed by atoms with Crippen LogP contribution in [0.2, 0.25) is 0 Å². The molecule has 1 amide bonds. The lowest BCUT2D eigenvalue weighted by molar-refractivity contribution is -0.111. The molecule has 0 bridgehead atoms. The third-order valence-electron chi connectivity index (χ3n) is 4.14. The lowest BCUT2D eigenvalue weighted by Crippen LogP contribution is -2.08. The smallest absolute Gasteiger partial charge is 0.347 e. The van der Waals surface area contributed by atoms with Crippen molar-refractivity contribution in [1.82, 2.24) is 4.98 Å². The first-order chi connectivity index (χ1) is 13.7. The van der Waals surface area contributed by atoms with E-state index in [1.165, 1.54) is 6.08 Å². The molecule has 1 aromatic heterocycles. The van der Waals surface area contributed by atoms with Gasteiger partial charge in [-0.15, -0.1) is 0 Å². The van der Waals surface area contributed by atoms with Crippen LogP contribution in [0.25, 0.3) is 28.4 Å². The van der Waals surface area contributed by atoms with Gasteiger partial charge >= 0.3 is 5.63 Å². The summed E-state index contributed by atoms with van der Waals surface area (Å²) in [6.45, 7) is 0. The van der Waals surface area contributed by atoms with E-state index in [2.05, 4.69) is 10.3 Å². The van der Waals surface area contributed by atoms with Crippen LogP contribution in [-0.4, -0.2) is 10.9 Å². The zero-order valence-electron chi connectivity index (χ0n) is 14.8. The molecule has 0 spiro atoms. The Morgan fingerprint density at radius 1 is 0.929 bits per heavy atom. The lowest BCUT2D eigenvalue weighted by atomic mass is 10.2. The third kappa shape index (κ3) is 3.88. The number of rotatable bonds is 4. The predicted molar refractivity (Wildman–Crippen MR) is 110 cm³/mol. The SMILES string of the molecule is O=C(C=Cc1ccccc1)Nc1cccc(-c2nc3ccccc3c(=O)o2)c1. The van der Waals surface area contributed by atoms with Crippen LogP contribution in [0, 0.1) is 0 Å². The van der Waals surface area contributed by atoms with Gasteiger partial charge < -0.3 is 9.73 Å². The van der Waals surface area contributed by atoms with Crippen molar-refractivity contribution in [3.8, 4) is 11.5 Å². The molecule has 28 heavy (non-hydrogen) atoms. The van der Waals surface area contributed by atoms with Crippen molar-refractivity contribution in [2.75, 3.05) is 5.32 Å². The summed E-state index contributed by atoms with van der Waals surface area (Å²) >= 11 is 0. The number of amides is 1. The number of para-hydroxylation sites is 1. The fraction of sp³-hybridized carbons (Fsp3) is 0. The predicted octanol–water partition coefficient (Wildman–Crippen LogP) is 4.51. The van der Waals surface area contributed by atoms with E-state index in [1.807, 2.05) is 36.4 Å². The second kappa shape index (κ2) is 7.72. The maximum atomic E-state index is 12.2.